The molecular formula is C19H25F9O2. The van der Waals surface area contributed by atoms with Gasteiger partial charge >= 0.3 is 12.5 Å². The minimum absolute atomic E-state index is 0.300. The lowest BCUT2D eigenvalue weighted by Gasteiger charge is -2.41. The fourth-order valence-electron chi connectivity index (χ4n) is 4.20. The highest BCUT2D eigenvalue weighted by Crippen LogP contribution is 2.46. The van der Waals surface area contributed by atoms with Gasteiger partial charge in [-0.1, -0.05) is 12.2 Å². The van der Waals surface area contributed by atoms with Crippen molar-refractivity contribution in [3.8, 4) is 0 Å². The van der Waals surface area contributed by atoms with E-state index in [9.17, 15) is 39.5 Å². The second-order valence-electron chi connectivity index (χ2n) is 7.87. The van der Waals surface area contributed by atoms with Crippen LogP contribution in [0.5, 0.6) is 0 Å². The Morgan fingerprint density at radius 2 is 1.33 bits per heavy atom. The molecule has 2 rings (SSSR count). The SMILES string of the molecule is C/C=C/CCC1CC(F)C(C(F)(F)OC2CC(F)C(OC(F)(F)F)C(F)C2)C(F)C1. The molecule has 11 heteroatoms. The standard InChI is InChI=1S/C19H25F9O2/c1-2-3-4-5-10-6-12(20)16(13(21)7-10)18(24,25)29-11-8-14(22)17(15(23)9-11)30-19(26,27)28/h2-3,10-17H,4-9H2,1H3/b3-2+. The summed E-state index contributed by atoms with van der Waals surface area (Å²) >= 11 is 0. The summed E-state index contributed by atoms with van der Waals surface area (Å²) in [5.41, 5.74) is 0. The van der Waals surface area contributed by atoms with Gasteiger partial charge in [-0.15, -0.1) is 13.2 Å². The van der Waals surface area contributed by atoms with E-state index >= 15 is 0 Å². The molecule has 0 saturated heterocycles. The summed E-state index contributed by atoms with van der Waals surface area (Å²) in [6.45, 7) is 1.78. The van der Waals surface area contributed by atoms with Crippen LogP contribution in [0.2, 0.25) is 0 Å². The van der Waals surface area contributed by atoms with Crippen LogP contribution in [-0.2, 0) is 9.47 Å². The third kappa shape index (κ3) is 6.77. The van der Waals surface area contributed by atoms with E-state index in [1.807, 2.05) is 0 Å². The van der Waals surface area contributed by atoms with Crippen molar-refractivity contribution in [1.29, 1.82) is 0 Å². The highest BCUT2D eigenvalue weighted by atomic mass is 19.4. The third-order valence-corrected chi connectivity index (χ3v) is 5.54. The highest BCUT2D eigenvalue weighted by molar-refractivity contribution is 4.94. The lowest BCUT2D eigenvalue weighted by atomic mass is 9.76. The Kier molecular flexibility index (Phi) is 8.51. The van der Waals surface area contributed by atoms with Crippen LogP contribution in [0.1, 0.15) is 45.4 Å². The van der Waals surface area contributed by atoms with E-state index in [2.05, 4.69) is 9.47 Å². The first-order valence-electron chi connectivity index (χ1n) is 9.81. The van der Waals surface area contributed by atoms with Crippen molar-refractivity contribution in [2.75, 3.05) is 0 Å². The monoisotopic (exact) mass is 456 g/mol. The van der Waals surface area contributed by atoms with E-state index in [1.165, 1.54) is 0 Å². The van der Waals surface area contributed by atoms with Gasteiger partial charge in [0.25, 0.3) is 0 Å². The molecule has 0 amide bonds. The molecule has 0 heterocycles. The molecule has 0 aliphatic heterocycles. The maximum absolute atomic E-state index is 14.5. The topological polar surface area (TPSA) is 18.5 Å². The zero-order valence-electron chi connectivity index (χ0n) is 16.2. The normalized spacial score (nSPS) is 38.9. The van der Waals surface area contributed by atoms with Crippen LogP contribution >= 0.6 is 0 Å². The predicted octanol–water partition coefficient (Wildman–Crippen LogP) is 6.40. The van der Waals surface area contributed by atoms with Gasteiger partial charge in [-0.2, -0.15) is 8.78 Å². The smallest absolute Gasteiger partial charge is 0.317 e. The molecule has 0 aromatic carbocycles. The highest BCUT2D eigenvalue weighted by Gasteiger charge is 2.56. The first-order valence-corrected chi connectivity index (χ1v) is 9.81. The van der Waals surface area contributed by atoms with E-state index in [0.29, 0.717) is 12.8 Å². The molecule has 4 atom stereocenters. The number of allylic oxidation sites excluding steroid dienone is 2. The van der Waals surface area contributed by atoms with Crippen molar-refractivity contribution in [3.05, 3.63) is 12.2 Å². The average Bonchev–Trinajstić information content (AvgIpc) is 2.56. The maximum Gasteiger partial charge on any atom is 0.522 e. The molecule has 0 radical (unpaired) electrons. The van der Waals surface area contributed by atoms with Crippen molar-refractivity contribution in [2.24, 2.45) is 11.8 Å². The minimum atomic E-state index is -5.30. The molecule has 2 fully saturated rings. The number of hydrogen-bond acceptors (Lipinski definition) is 2. The molecule has 2 nitrogen and oxygen atoms in total. The second kappa shape index (κ2) is 10.1. The van der Waals surface area contributed by atoms with Gasteiger partial charge in [0.1, 0.15) is 36.7 Å². The van der Waals surface area contributed by atoms with Crippen LogP contribution in [0.3, 0.4) is 0 Å². The van der Waals surface area contributed by atoms with Gasteiger partial charge in [0, 0.05) is 12.8 Å². The van der Waals surface area contributed by atoms with Gasteiger partial charge in [0.2, 0.25) is 0 Å². The van der Waals surface area contributed by atoms with Crippen LogP contribution in [0.25, 0.3) is 0 Å². The predicted molar refractivity (Wildman–Crippen MR) is 89.8 cm³/mol. The molecule has 0 aromatic rings. The summed E-state index contributed by atoms with van der Waals surface area (Å²) in [4.78, 5) is 0. The van der Waals surface area contributed by atoms with Crippen molar-refractivity contribution >= 4 is 0 Å². The van der Waals surface area contributed by atoms with Crippen molar-refractivity contribution in [3.63, 3.8) is 0 Å². The Morgan fingerprint density at radius 3 is 1.80 bits per heavy atom. The molecule has 0 spiro atoms. The zero-order valence-corrected chi connectivity index (χ0v) is 16.2. The van der Waals surface area contributed by atoms with Gasteiger partial charge in [0.05, 0.1) is 6.10 Å². The molecule has 30 heavy (non-hydrogen) atoms. The van der Waals surface area contributed by atoms with Gasteiger partial charge in [0.15, 0.2) is 0 Å². The Labute approximate surface area is 168 Å². The van der Waals surface area contributed by atoms with Gasteiger partial charge in [-0.25, -0.2) is 17.6 Å². The number of hydrogen-bond donors (Lipinski definition) is 0. The van der Waals surface area contributed by atoms with E-state index in [1.54, 1.807) is 19.1 Å². The quantitative estimate of drug-likeness (QED) is 0.326. The minimum Gasteiger partial charge on any atom is -0.317 e. The van der Waals surface area contributed by atoms with Crippen molar-refractivity contribution in [2.45, 2.75) is 94.8 Å². The van der Waals surface area contributed by atoms with E-state index in [-0.39, 0.29) is 12.8 Å². The molecule has 2 saturated carbocycles. The Bertz CT molecular complexity index is 545. The molecule has 2 aliphatic carbocycles. The zero-order chi connectivity index (χ0) is 22.7. The summed E-state index contributed by atoms with van der Waals surface area (Å²) in [5, 5.41) is 0. The maximum atomic E-state index is 14.5. The third-order valence-electron chi connectivity index (χ3n) is 5.54. The van der Waals surface area contributed by atoms with E-state index < -0.39 is 74.0 Å². The van der Waals surface area contributed by atoms with Crippen LogP contribution in [0, 0.1) is 11.8 Å². The summed E-state index contributed by atoms with van der Waals surface area (Å²) in [5.74, 6) is -2.88. The number of alkyl halides is 9. The lowest BCUT2D eigenvalue weighted by Crippen LogP contribution is -2.52. The molecule has 2 aliphatic rings. The molecule has 4 unspecified atom stereocenters. The molecule has 176 valence electrons. The molecule has 0 N–H and O–H groups in total. The molecule has 0 bridgehead atoms. The summed E-state index contributed by atoms with van der Waals surface area (Å²) in [6, 6.07) is 0. The summed E-state index contributed by atoms with van der Waals surface area (Å²) < 4.78 is 130. The van der Waals surface area contributed by atoms with Gasteiger partial charge in [-0.05, 0) is 38.5 Å². The average molecular weight is 456 g/mol. The number of ether oxygens (including phenoxy) is 2. The van der Waals surface area contributed by atoms with Crippen LogP contribution in [0.4, 0.5) is 39.5 Å². The first kappa shape index (κ1) is 25.3. The van der Waals surface area contributed by atoms with Crippen molar-refractivity contribution in [1.82, 2.24) is 0 Å². The fraction of sp³-hybridized carbons (Fsp3) is 0.895. The van der Waals surface area contributed by atoms with Gasteiger partial charge < -0.3 is 4.74 Å². The number of rotatable bonds is 7. The Morgan fingerprint density at radius 1 is 0.800 bits per heavy atom. The van der Waals surface area contributed by atoms with E-state index in [4.69, 9.17) is 0 Å². The molecule has 0 aromatic heterocycles. The first-order chi connectivity index (χ1) is 13.8. The fourth-order valence-corrected chi connectivity index (χ4v) is 4.20. The second-order valence-corrected chi connectivity index (χ2v) is 7.87. The summed E-state index contributed by atoms with van der Waals surface area (Å²) in [6.07, 6.45) is -21.7. The van der Waals surface area contributed by atoms with E-state index in [0.717, 1.165) is 0 Å². The Hall–Kier alpha value is -0.970. The number of halogens is 9. The van der Waals surface area contributed by atoms with Crippen LogP contribution in [-0.4, -0.2) is 49.4 Å². The largest absolute Gasteiger partial charge is 0.522 e. The van der Waals surface area contributed by atoms with Crippen molar-refractivity contribution < 1.29 is 49.0 Å². The Balaban J connectivity index is 1.97. The van der Waals surface area contributed by atoms with Crippen LogP contribution < -0.4 is 0 Å². The summed E-state index contributed by atoms with van der Waals surface area (Å²) in [7, 11) is 0. The molecular weight excluding hydrogens is 431 g/mol. The van der Waals surface area contributed by atoms with Gasteiger partial charge in [-0.3, -0.25) is 4.74 Å². The lowest BCUT2D eigenvalue weighted by molar-refractivity contribution is -0.366. The van der Waals surface area contributed by atoms with Crippen LogP contribution in [0.15, 0.2) is 12.2 Å².